The van der Waals surface area contributed by atoms with Crippen LogP contribution in [0.25, 0.3) is 0 Å². The third-order valence-electron chi connectivity index (χ3n) is 4.15. The Labute approximate surface area is 150 Å². The van der Waals surface area contributed by atoms with Gasteiger partial charge in [0, 0.05) is 6.04 Å². The fraction of sp³-hybridized carbons (Fsp3) is 0.611. The van der Waals surface area contributed by atoms with Crippen molar-refractivity contribution in [3.63, 3.8) is 0 Å². The quantitative estimate of drug-likeness (QED) is 0.807. The van der Waals surface area contributed by atoms with E-state index < -0.39 is 27.6 Å². The molecule has 2 atom stereocenters. The van der Waals surface area contributed by atoms with E-state index >= 15 is 0 Å². The van der Waals surface area contributed by atoms with Gasteiger partial charge in [0.05, 0.1) is 17.9 Å². The summed E-state index contributed by atoms with van der Waals surface area (Å²) in [6.07, 6.45) is 3.03. The number of nitrogens with one attached hydrogen (secondary N) is 1. The van der Waals surface area contributed by atoms with Gasteiger partial charge in [-0.3, -0.25) is 4.79 Å². The van der Waals surface area contributed by atoms with Crippen LogP contribution in [0.3, 0.4) is 0 Å². The van der Waals surface area contributed by atoms with Gasteiger partial charge < -0.3 is 9.47 Å². The number of hydrogen-bond donors (Lipinski definition) is 1. The highest BCUT2D eigenvalue weighted by molar-refractivity contribution is 7.89. The van der Waals surface area contributed by atoms with Gasteiger partial charge >= 0.3 is 5.97 Å². The van der Waals surface area contributed by atoms with Crippen molar-refractivity contribution >= 4 is 16.0 Å². The topological polar surface area (TPSA) is 81.7 Å². The van der Waals surface area contributed by atoms with E-state index in [2.05, 4.69) is 4.72 Å². The lowest BCUT2D eigenvalue weighted by molar-refractivity contribution is -0.161. The third kappa shape index (κ3) is 5.44. The van der Waals surface area contributed by atoms with Crippen molar-refractivity contribution in [2.24, 2.45) is 5.92 Å². The maximum Gasteiger partial charge on any atom is 0.311 e. The van der Waals surface area contributed by atoms with Gasteiger partial charge in [-0.2, -0.15) is 0 Å². The van der Waals surface area contributed by atoms with Gasteiger partial charge in [0.15, 0.2) is 0 Å². The highest BCUT2D eigenvalue weighted by Gasteiger charge is 2.36. The first-order valence-electron chi connectivity index (χ1n) is 8.51. The lowest BCUT2D eigenvalue weighted by Gasteiger charge is -2.32. The minimum absolute atomic E-state index is 0.154. The third-order valence-corrected chi connectivity index (χ3v) is 5.66. The second kappa shape index (κ2) is 7.74. The summed E-state index contributed by atoms with van der Waals surface area (Å²) in [7, 11) is -2.19. The minimum Gasteiger partial charge on any atom is -0.497 e. The molecule has 25 heavy (non-hydrogen) atoms. The molecule has 0 aromatic heterocycles. The highest BCUT2D eigenvalue weighted by atomic mass is 32.2. The van der Waals surface area contributed by atoms with Gasteiger partial charge in [0.25, 0.3) is 0 Å². The lowest BCUT2D eigenvalue weighted by atomic mass is 9.85. The van der Waals surface area contributed by atoms with Gasteiger partial charge in [-0.15, -0.1) is 0 Å². The fourth-order valence-electron chi connectivity index (χ4n) is 2.95. The van der Waals surface area contributed by atoms with Crippen LogP contribution in [0.4, 0.5) is 0 Å². The number of benzene rings is 1. The van der Waals surface area contributed by atoms with Gasteiger partial charge in [-0.25, -0.2) is 13.1 Å². The Morgan fingerprint density at radius 3 is 2.28 bits per heavy atom. The second-order valence-corrected chi connectivity index (χ2v) is 9.04. The first-order chi connectivity index (χ1) is 11.6. The van der Waals surface area contributed by atoms with E-state index in [1.165, 1.54) is 19.2 Å². The number of esters is 1. The smallest absolute Gasteiger partial charge is 0.311 e. The molecule has 2 rings (SSSR count). The molecule has 0 radical (unpaired) electrons. The number of ether oxygens (including phenoxy) is 2. The molecule has 6 nitrogen and oxygen atoms in total. The molecule has 1 aromatic carbocycles. The summed E-state index contributed by atoms with van der Waals surface area (Å²) in [5, 5.41) is 0. The van der Waals surface area contributed by atoms with Crippen molar-refractivity contribution in [3.8, 4) is 5.75 Å². The van der Waals surface area contributed by atoms with Crippen LogP contribution in [0.5, 0.6) is 5.75 Å². The van der Waals surface area contributed by atoms with E-state index in [1.807, 2.05) is 20.8 Å². The second-order valence-electron chi connectivity index (χ2n) is 7.33. The molecule has 1 fully saturated rings. The average molecular weight is 369 g/mol. The molecule has 1 saturated carbocycles. The summed E-state index contributed by atoms with van der Waals surface area (Å²) in [5.41, 5.74) is -0.589. The minimum atomic E-state index is -3.71. The number of methoxy groups -OCH3 is 1. The molecular weight excluding hydrogens is 342 g/mol. The summed E-state index contributed by atoms with van der Waals surface area (Å²) >= 11 is 0. The predicted octanol–water partition coefficient (Wildman–Crippen LogP) is 2.87. The predicted molar refractivity (Wildman–Crippen MR) is 94.9 cm³/mol. The molecular formula is C18H27NO5S. The van der Waals surface area contributed by atoms with Crippen molar-refractivity contribution in [3.05, 3.63) is 24.3 Å². The van der Waals surface area contributed by atoms with Crippen molar-refractivity contribution < 1.29 is 22.7 Å². The first-order valence-corrected chi connectivity index (χ1v) is 10.00. The molecule has 0 spiro atoms. The van der Waals surface area contributed by atoms with Crippen LogP contribution in [0, 0.1) is 5.92 Å². The standard InChI is InChI=1S/C18H27NO5S/c1-18(2,3)24-17(20)15-7-5-6-8-16(15)19-25(21,22)14-11-9-13(23-4)10-12-14/h9-12,15-16,19H,5-8H2,1-4H3/t15-,16-/m1/s1. The molecule has 140 valence electrons. The molecule has 1 aromatic rings. The largest absolute Gasteiger partial charge is 0.497 e. The molecule has 0 saturated heterocycles. The molecule has 7 heteroatoms. The summed E-state index contributed by atoms with van der Waals surface area (Å²) in [5.74, 6) is -0.209. The Kier molecular flexibility index (Phi) is 6.11. The van der Waals surface area contributed by atoms with Gasteiger partial charge in [-0.05, 0) is 57.9 Å². The monoisotopic (exact) mass is 369 g/mol. The zero-order valence-corrected chi connectivity index (χ0v) is 16.1. The maximum atomic E-state index is 12.6. The van der Waals surface area contributed by atoms with Gasteiger partial charge in [-0.1, -0.05) is 12.8 Å². The number of hydrogen-bond acceptors (Lipinski definition) is 5. The highest BCUT2D eigenvalue weighted by Crippen LogP contribution is 2.28. The summed E-state index contributed by atoms with van der Waals surface area (Å²) in [6, 6.07) is 5.73. The van der Waals surface area contributed by atoms with E-state index in [0.717, 1.165) is 12.8 Å². The van der Waals surface area contributed by atoms with Gasteiger partial charge in [0.2, 0.25) is 10.0 Å². The summed E-state index contributed by atoms with van der Waals surface area (Å²) in [4.78, 5) is 12.6. The maximum absolute atomic E-state index is 12.6. The van der Waals surface area contributed by atoms with Crippen molar-refractivity contribution in [1.82, 2.24) is 4.72 Å². The van der Waals surface area contributed by atoms with Crippen LogP contribution in [0.1, 0.15) is 46.5 Å². The van der Waals surface area contributed by atoms with Crippen LogP contribution in [-0.2, 0) is 19.6 Å². The van der Waals surface area contributed by atoms with Crippen molar-refractivity contribution in [2.75, 3.05) is 7.11 Å². The lowest BCUT2D eigenvalue weighted by Crippen LogP contribution is -2.46. The first kappa shape index (κ1) is 19.7. The van der Waals surface area contributed by atoms with E-state index in [9.17, 15) is 13.2 Å². The Bertz CT molecular complexity index is 691. The summed E-state index contributed by atoms with van der Waals surface area (Å²) < 4.78 is 38.5. The normalized spacial score (nSPS) is 21.6. The Morgan fingerprint density at radius 2 is 1.72 bits per heavy atom. The zero-order chi connectivity index (χ0) is 18.7. The molecule has 1 N–H and O–H groups in total. The van der Waals surface area contributed by atoms with Crippen LogP contribution in [0.2, 0.25) is 0 Å². The number of carbonyl (C=O) groups is 1. The molecule has 0 aliphatic heterocycles. The Balaban J connectivity index is 2.15. The van der Waals surface area contributed by atoms with Crippen molar-refractivity contribution in [1.29, 1.82) is 0 Å². The number of rotatable bonds is 5. The van der Waals surface area contributed by atoms with Crippen LogP contribution < -0.4 is 9.46 Å². The molecule has 0 heterocycles. The van der Waals surface area contributed by atoms with Crippen LogP contribution in [-0.4, -0.2) is 33.1 Å². The SMILES string of the molecule is COc1ccc(S(=O)(=O)N[C@@H]2CCCC[C@H]2C(=O)OC(C)(C)C)cc1. The van der Waals surface area contributed by atoms with Crippen molar-refractivity contribution in [2.45, 2.75) is 63.0 Å². The van der Waals surface area contributed by atoms with Crippen LogP contribution in [0.15, 0.2) is 29.2 Å². The van der Waals surface area contributed by atoms with Gasteiger partial charge in [0.1, 0.15) is 11.4 Å². The molecule has 1 aliphatic rings. The van der Waals surface area contributed by atoms with E-state index in [0.29, 0.717) is 18.6 Å². The molecule has 0 bridgehead atoms. The fourth-order valence-corrected chi connectivity index (χ4v) is 4.26. The zero-order valence-electron chi connectivity index (χ0n) is 15.2. The molecule has 0 amide bonds. The van der Waals surface area contributed by atoms with E-state index in [-0.39, 0.29) is 10.9 Å². The Hall–Kier alpha value is -1.60. The number of carbonyl (C=O) groups excluding carboxylic acids is 1. The molecule has 0 unspecified atom stereocenters. The summed E-state index contributed by atoms with van der Waals surface area (Å²) in [6.45, 7) is 5.43. The molecule has 1 aliphatic carbocycles. The van der Waals surface area contributed by atoms with E-state index in [4.69, 9.17) is 9.47 Å². The van der Waals surface area contributed by atoms with Crippen LogP contribution >= 0.6 is 0 Å². The Morgan fingerprint density at radius 1 is 1.12 bits per heavy atom. The average Bonchev–Trinajstić information content (AvgIpc) is 2.53. The number of sulfonamides is 1. The van der Waals surface area contributed by atoms with E-state index in [1.54, 1.807) is 12.1 Å².